The van der Waals surface area contributed by atoms with Gasteiger partial charge in [-0.2, -0.15) is 0 Å². The molecule has 0 atom stereocenters. The summed E-state index contributed by atoms with van der Waals surface area (Å²) < 4.78 is 13.7. The zero-order chi connectivity index (χ0) is 21.3. The van der Waals surface area contributed by atoms with E-state index in [1.165, 1.54) is 39.9 Å². The third-order valence-electron chi connectivity index (χ3n) is 5.87. The molecular weight excluding hydrogens is 369 g/mol. The average molecular weight is 400 g/mol. The van der Waals surface area contributed by atoms with Crippen molar-refractivity contribution < 1.29 is 4.39 Å². The predicted molar refractivity (Wildman–Crippen MR) is 125 cm³/mol. The van der Waals surface area contributed by atoms with E-state index < -0.39 is 0 Å². The fourth-order valence-corrected chi connectivity index (χ4v) is 4.50. The standard InChI is InChI=1S/C28H30FN/c1-18(2)12-17-25-26(19(3)4)24-11-7-9-20-8-5-6-10-23(20)28(24)30-27(25)21-13-15-22(29)16-14-21/h5-6,8,10,12-19H,7,9,11H2,1-4H3/b17-12+. The van der Waals surface area contributed by atoms with E-state index in [1.54, 1.807) is 0 Å². The Labute approximate surface area is 179 Å². The Morgan fingerprint density at radius 2 is 1.63 bits per heavy atom. The first kappa shape index (κ1) is 20.5. The number of halogens is 1. The smallest absolute Gasteiger partial charge is 0.123 e. The van der Waals surface area contributed by atoms with Gasteiger partial charge in [0.05, 0.1) is 11.4 Å². The molecular formula is C28H30FN. The Hall–Kier alpha value is -2.74. The molecule has 4 rings (SSSR count). The van der Waals surface area contributed by atoms with Crippen molar-refractivity contribution in [3.63, 3.8) is 0 Å². The van der Waals surface area contributed by atoms with Gasteiger partial charge in [0.1, 0.15) is 5.82 Å². The van der Waals surface area contributed by atoms with Crippen molar-refractivity contribution in [3.05, 3.63) is 82.7 Å². The molecule has 3 aromatic rings. The van der Waals surface area contributed by atoms with Gasteiger partial charge in [-0.1, -0.05) is 64.1 Å². The van der Waals surface area contributed by atoms with E-state index >= 15 is 0 Å². The molecule has 1 aromatic heterocycles. The first-order valence-electron chi connectivity index (χ1n) is 11.0. The van der Waals surface area contributed by atoms with Gasteiger partial charge >= 0.3 is 0 Å². The molecule has 0 unspecified atom stereocenters. The van der Waals surface area contributed by atoms with Gasteiger partial charge in [-0.05, 0) is 72.1 Å². The zero-order valence-corrected chi connectivity index (χ0v) is 18.4. The Kier molecular flexibility index (Phi) is 5.85. The Morgan fingerprint density at radius 3 is 2.33 bits per heavy atom. The molecule has 0 radical (unpaired) electrons. The maximum atomic E-state index is 13.7. The van der Waals surface area contributed by atoms with Crippen LogP contribution in [0.25, 0.3) is 28.6 Å². The van der Waals surface area contributed by atoms with Gasteiger partial charge in [0.2, 0.25) is 0 Å². The first-order chi connectivity index (χ1) is 14.5. The summed E-state index contributed by atoms with van der Waals surface area (Å²) in [7, 11) is 0. The van der Waals surface area contributed by atoms with Gasteiger partial charge in [-0.15, -0.1) is 0 Å². The highest BCUT2D eigenvalue weighted by molar-refractivity contribution is 5.81. The van der Waals surface area contributed by atoms with Crippen LogP contribution in [0.15, 0.2) is 54.6 Å². The van der Waals surface area contributed by atoms with Crippen molar-refractivity contribution >= 4 is 6.08 Å². The van der Waals surface area contributed by atoms with Gasteiger partial charge in [-0.3, -0.25) is 0 Å². The second-order valence-corrected chi connectivity index (χ2v) is 8.89. The van der Waals surface area contributed by atoms with E-state index in [-0.39, 0.29) is 5.82 Å². The summed E-state index contributed by atoms with van der Waals surface area (Å²) in [4.78, 5) is 5.26. The van der Waals surface area contributed by atoms with Gasteiger partial charge in [0, 0.05) is 16.7 Å². The number of hydrogen-bond acceptors (Lipinski definition) is 1. The van der Waals surface area contributed by atoms with Crippen LogP contribution < -0.4 is 0 Å². The number of aryl methyl sites for hydroxylation is 1. The van der Waals surface area contributed by atoms with Gasteiger partial charge < -0.3 is 0 Å². The molecule has 0 fully saturated rings. The number of allylic oxidation sites excluding steroid dienone is 1. The molecule has 0 saturated carbocycles. The monoisotopic (exact) mass is 399 g/mol. The van der Waals surface area contributed by atoms with Crippen LogP contribution >= 0.6 is 0 Å². The van der Waals surface area contributed by atoms with Crippen LogP contribution in [0.1, 0.15) is 62.3 Å². The molecule has 1 nitrogen and oxygen atoms in total. The summed E-state index contributed by atoms with van der Waals surface area (Å²) >= 11 is 0. The SMILES string of the molecule is CC(C)/C=C/c1c(-c2ccc(F)cc2)nc2c(c1C(C)C)CCCc1ccccc1-2. The Bertz CT molecular complexity index is 1070. The van der Waals surface area contributed by atoms with Crippen molar-refractivity contribution in [1.82, 2.24) is 4.98 Å². The van der Waals surface area contributed by atoms with E-state index in [4.69, 9.17) is 4.98 Å². The van der Waals surface area contributed by atoms with Crippen molar-refractivity contribution in [1.29, 1.82) is 0 Å². The third kappa shape index (κ3) is 3.96. The molecule has 154 valence electrons. The molecule has 0 aliphatic heterocycles. The second kappa shape index (κ2) is 8.55. The number of pyridine rings is 1. The van der Waals surface area contributed by atoms with E-state index in [0.717, 1.165) is 36.2 Å². The fourth-order valence-electron chi connectivity index (χ4n) is 4.50. The van der Waals surface area contributed by atoms with Crippen LogP contribution in [0, 0.1) is 11.7 Å². The Balaban J connectivity index is 2.07. The van der Waals surface area contributed by atoms with Crippen LogP contribution in [0.3, 0.4) is 0 Å². The highest BCUT2D eigenvalue weighted by Gasteiger charge is 2.24. The van der Waals surface area contributed by atoms with Crippen LogP contribution in [-0.2, 0) is 12.8 Å². The largest absolute Gasteiger partial charge is 0.247 e. The maximum Gasteiger partial charge on any atom is 0.123 e. The lowest BCUT2D eigenvalue weighted by molar-refractivity contribution is 0.628. The number of fused-ring (bicyclic) bond motifs is 3. The third-order valence-corrected chi connectivity index (χ3v) is 5.87. The van der Waals surface area contributed by atoms with Crippen molar-refractivity contribution in [2.45, 2.75) is 52.9 Å². The van der Waals surface area contributed by atoms with Crippen LogP contribution in [0.2, 0.25) is 0 Å². The lowest BCUT2D eigenvalue weighted by Crippen LogP contribution is -2.07. The molecule has 2 heteroatoms. The van der Waals surface area contributed by atoms with E-state index in [1.807, 2.05) is 12.1 Å². The number of benzene rings is 2. The second-order valence-electron chi connectivity index (χ2n) is 8.89. The molecule has 0 amide bonds. The minimum atomic E-state index is -0.220. The van der Waals surface area contributed by atoms with E-state index in [2.05, 4.69) is 64.1 Å². The highest BCUT2D eigenvalue weighted by atomic mass is 19.1. The molecule has 0 N–H and O–H groups in total. The fraction of sp³-hybridized carbons (Fsp3) is 0.321. The summed E-state index contributed by atoms with van der Waals surface area (Å²) in [5.41, 5.74) is 9.58. The van der Waals surface area contributed by atoms with Crippen molar-refractivity contribution in [2.24, 2.45) is 5.92 Å². The number of aromatic nitrogens is 1. The van der Waals surface area contributed by atoms with Gasteiger partial charge in [0.25, 0.3) is 0 Å². The Morgan fingerprint density at radius 1 is 0.900 bits per heavy atom. The number of nitrogens with zero attached hydrogens (tertiary/aromatic N) is 1. The minimum absolute atomic E-state index is 0.220. The average Bonchev–Trinajstić information content (AvgIpc) is 2.91. The highest BCUT2D eigenvalue weighted by Crippen LogP contribution is 2.41. The van der Waals surface area contributed by atoms with Crippen LogP contribution in [0.4, 0.5) is 4.39 Å². The quantitative estimate of drug-likeness (QED) is 0.435. The summed E-state index contributed by atoms with van der Waals surface area (Å²) in [6.45, 7) is 8.92. The lowest BCUT2D eigenvalue weighted by atomic mass is 9.85. The zero-order valence-electron chi connectivity index (χ0n) is 18.4. The molecule has 1 aliphatic carbocycles. The summed E-state index contributed by atoms with van der Waals surface area (Å²) in [6.07, 6.45) is 7.73. The molecule has 1 heterocycles. The molecule has 1 aliphatic rings. The minimum Gasteiger partial charge on any atom is -0.247 e. The van der Waals surface area contributed by atoms with Crippen LogP contribution in [0.5, 0.6) is 0 Å². The predicted octanol–water partition coefficient (Wildman–Crippen LogP) is 7.84. The number of rotatable bonds is 4. The van der Waals surface area contributed by atoms with E-state index in [9.17, 15) is 4.39 Å². The molecule has 30 heavy (non-hydrogen) atoms. The van der Waals surface area contributed by atoms with E-state index in [0.29, 0.717) is 11.8 Å². The van der Waals surface area contributed by atoms with Crippen LogP contribution in [-0.4, -0.2) is 4.98 Å². The lowest BCUT2D eigenvalue weighted by Gasteiger charge is -2.22. The van der Waals surface area contributed by atoms with Crippen molar-refractivity contribution in [2.75, 3.05) is 0 Å². The molecule has 2 aromatic carbocycles. The van der Waals surface area contributed by atoms with Gasteiger partial charge in [-0.25, -0.2) is 9.37 Å². The van der Waals surface area contributed by atoms with Crippen molar-refractivity contribution in [3.8, 4) is 22.5 Å². The maximum absolute atomic E-state index is 13.7. The topological polar surface area (TPSA) is 12.9 Å². The summed E-state index contributed by atoms with van der Waals surface area (Å²) in [6, 6.07) is 15.4. The normalized spacial score (nSPS) is 13.6. The number of hydrogen-bond donors (Lipinski definition) is 0. The first-order valence-corrected chi connectivity index (χ1v) is 11.0. The van der Waals surface area contributed by atoms with Gasteiger partial charge in [0.15, 0.2) is 0 Å². The summed E-state index contributed by atoms with van der Waals surface area (Å²) in [5.74, 6) is 0.603. The molecule has 0 bridgehead atoms. The molecule has 0 saturated heterocycles. The molecule has 0 spiro atoms. The summed E-state index contributed by atoms with van der Waals surface area (Å²) in [5, 5.41) is 0.